The van der Waals surface area contributed by atoms with Crippen LogP contribution in [0.25, 0.3) is 0 Å². The van der Waals surface area contributed by atoms with Gasteiger partial charge in [0.25, 0.3) is 5.91 Å². The number of halogens is 3. The first-order valence-electron chi connectivity index (χ1n) is 11.3. The van der Waals surface area contributed by atoms with Gasteiger partial charge in [0, 0.05) is 32.7 Å². The van der Waals surface area contributed by atoms with Crippen LogP contribution in [-0.2, 0) is 10.9 Å². The minimum absolute atomic E-state index is 0.0785. The number of rotatable bonds is 8. The normalized spacial score (nSPS) is 15.6. The van der Waals surface area contributed by atoms with Gasteiger partial charge in [0.15, 0.2) is 5.76 Å². The molecule has 0 N–H and O–H groups in total. The number of furan rings is 1. The molecule has 1 fully saturated rings. The van der Waals surface area contributed by atoms with Crippen LogP contribution in [-0.4, -0.2) is 60.0 Å². The first-order chi connectivity index (χ1) is 17.2. The minimum atomic E-state index is -4.45. The Labute approximate surface area is 205 Å². The van der Waals surface area contributed by atoms with E-state index in [9.17, 15) is 28.1 Å². The van der Waals surface area contributed by atoms with Crippen LogP contribution in [0, 0.1) is 10.1 Å². The van der Waals surface area contributed by atoms with Gasteiger partial charge in [-0.1, -0.05) is 42.5 Å². The zero-order valence-electron chi connectivity index (χ0n) is 19.2. The highest BCUT2D eigenvalue weighted by atomic mass is 19.4. The third kappa shape index (κ3) is 6.10. The Bertz CT molecular complexity index is 1190. The molecule has 4 rings (SSSR count). The van der Waals surface area contributed by atoms with Crippen LogP contribution in [0.15, 0.2) is 71.1 Å². The fourth-order valence-electron chi connectivity index (χ4n) is 4.06. The fourth-order valence-corrected chi connectivity index (χ4v) is 4.06. The quantitative estimate of drug-likeness (QED) is 0.325. The predicted octanol–water partition coefficient (Wildman–Crippen LogP) is 4.77. The van der Waals surface area contributed by atoms with E-state index in [2.05, 4.69) is 4.90 Å². The number of benzene rings is 2. The zero-order valence-corrected chi connectivity index (χ0v) is 19.2. The van der Waals surface area contributed by atoms with Crippen LogP contribution in [0.1, 0.15) is 33.3 Å². The molecule has 1 saturated heterocycles. The van der Waals surface area contributed by atoms with E-state index in [4.69, 9.17) is 9.15 Å². The lowest BCUT2D eigenvalue weighted by atomic mass is 9.99. The first kappa shape index (κ1) is 25.4. The maximum atomic E-state index is 13.3. The van der Waals surface area contributed by atoms with Crippen molar-refractivity contribution in [1.29, 1.82) is 0 Å². The highest BCUT2D eigenvalue weighted by Crippen LogP contribution is 2.33. The predicted molar refractivity (Wildman–Crippen MR) is 123 cm³/mol. The summed E-state index contributed by atoms with van der Waals surface area (Å²) in [5.41, 5.74) is 0.436. The van der Waals surface area contributed by atoms with E-state index in [-0.39, 0.29) is 12.4 Å². The van der Waals surface area contributed by atoms with Gasteiger partial charge in [-0.3, -0.25) is 19.8 Å². The molecule has 2 aromatic carbocycles. The molecule has 1 atom stereocenters. The van der Waals surface area contributed by atoms with E-state index in [1.54, 1.807) is 11.0 Å². The maximum Gasteiger partial charge on any atom is 0.433 e. The van der Waals surface area contributed by atoms with Crippen LogP contribution >= 0.6 is 0 Å². The van der Waals surface area contributed by atoms with Crippen LogP contribution in [0.5, 0.6) is 0 Å². The summed E-state index contributed by atoms with van der Waals surface area (Å²) < 4.78 is 50.8. The van der Waals surface area contributed by atoms with Gasteiger partial charge in [-0.2, -0.15) is 13.2 Å². The SMILES string of the molecule is O=C(c1ccc([N+](=O)[O-])o1)N1CCN(CCOC(c2ccccc2)c2cccc(C(F)(F)F)c2)CC1. The first-order valence-corrected chi connectivity index (χ1v) is 11.3. The number of nitrogens with zero attached hydrogens (tertiary/aromatic N) is 3. The van der Waals surface area contributed by atoms with Gasteiger partial charge in [0.05, 0.1) is 18.2 Å². The van der Waals surface area contributed by atoms with Crippen LogP contribution in [0.2, 0.25) is 0 Å². The van der Waals surface area contributed by atoms with Gasteiger partial charge in [-0.15, -0.1) is 0 Å². The van der Waals surface area contributed by atoms with E-state index in [0.29, 0.717) is 38.3 Å². The lowest BCUT2D eigenvalue weighted by Crippen LogP contribution is -2.49. The van der Waals surface area contributed by atoms with Crippen molar-refractivity contribution in [2.24, 2.45) is 0 Å². The number of ether oxygens (including phenoxy) is 1. The van der Waals surface area contributed by atoms with Crippen molar-refractivity contribution in [3.8, 4) is 0 Å². The molecule has 1 aliphatic rings. The second-order valence-corrected chi connectivity index (χ2v) is 8.31. The Morgan fingerprint density at radius 3 is 2.33 bits per heavy atom. The van der Waals surface area contributed by atoms with Gasteiger partial charge < -0.3 is 14.1 Å². The second kappa shape index (κ2) is 10.9. The number of carbonyl (C=O) groups excluding carboxylic acids is 1. The number of nitro groups is 1. The number of amides is 1. The van der Waals surface area contributed by atoms with Gasteiger partial charge in [0.2, 0.25) is 0 Å². The van der Waals surface area contributed by atoms with Crippen molar-refractivity contribution in [3.63, 3.8) is 0 Å². The zero-order chi connectivity index (χ0) is 25.7. The third-order valence-corrected chi connectivity index (χ3v) is 5.95. The van der Waals surface area contributed by atoms with Gasteiger partial charge in [-0.05, 0) is 29.3 Å². The monoisotopic (exact) mass is 503 g/mol. The molecule has 0 radical (unpaired) electrons. The number of carbonyl (C=O) groups is 1. The Hall–Kier alpha value is -3.70. The molecule has 36 heavy (non-hydrogen) atoms. The summed E-state index contributed by atoms with van der Waals surface area (Å²) in [5, 5.41) is 10.8. The van der Waals surface area contributed by atoms with E-state index in [0.717, 1.165) is 23.8 Å². The molecule has 190 valence electrons. The molecule has 1 aliphatic heterocycles. The molecule has 8 nitrogen and oxygen atoms in total. The molecule has 1 unspecified atom stereocenters. The van der Waals surface area contributed by atoms with Gasteiger partial charge >= 0.3 is 12.1 Å². The average Bonchev–Trinajstić information content (AvgIpc) is 3.38. The topological polar surface area (TPSA) is 89.1 Å². The fraction of sp³-hybridized carbons (Fsp3) is 0.320. The molecule has 2 heterocycles. The second-order valence-electron chi connectivity index (χ2n) is 8.31. The minimum Gasteiger partial charge on any atom is -0.395 e. The highest BCUT2D eigenvalue weighted by molar-refractivity contribution is 5.91. The Morgan fingerprint density at radius 1 is 1.00 bits per heavy atom. The lowest BCUT2D eigenvalue weighted by molar-refractivity contribution is -0.402. The standard InChI is InChI=1S/C25H24F3N3O5/c26-25(27,28)20-8-4-7-19(17-20)23(18-5-2-1-3-6-18)35-16-15-29-11-13-30(14-12-29)24(32)21-9-10-22(36-21)31(33)34/h1-10,17,23H,11-16H2. The molecule has 0 bridgehead atoms. The van der Waals surface area contributed by atoms with Crippen molar-refractivity contribution in [1.82, 2.24) is 9.80 Å². The average molecular weight is 503 g/mol. The molecule has 0 saturated carbocycles. The smallest absolute Gasteiger partial charge is 0.395 e. The summed E-state index contributed by atoms with van der Waals surface area (Å²) in [6.07, 6.45) is -5.11. The van der Waals surface area contributed by atoms with Crippen molar-refractivity contribution >= 4 is 11.8 Å². The number of hydrogen-bond donors (Lipinski definition) is 0. The van der Waals surface area contributed by atoms with Gasteiger partial charge in [-0.25, -0.2) is 0 Å². The molecule has 0 aliphatic carbocycles. The van der Waals surface area contributed by atoms with Crippen molar-refractivity contribution in [2.45, 2.75) is 12.3 Å². The molecule has 1 amide bonds. The number of hydrogen-bond acceptors (Lipinski definition) is 6. The highest BCUT2D eigenvalue weighted by Gasteiger charge is 2.31. The summed E-state index contributed by atoms with van der Waals surface area (Å²) in [7, 11) is 0. The van der Waals surface area contributed by atoms with E-state index >= 15 is 0 Å². The molecular weight excluding hydrogens is 479 g/mol. The van der Waals surface area contributed by atoms with Crippen molar-refractivity contribution in [2.75, 3.05) is 39.3 Å². The van der Waals surface area contributed by atoms with Crippen LogP contribution in [0.3, 0.4) is 0 Å². The number of piperazine rings is 1. The van der Waals surface area contributed by atoms with E-state index < -0.39 is 34.6 Å². The molecule has 1 aromatic heterocycles. The summed E-state index contributed by atoms with van der Waals surface area (Å²) in [6.45, 7) is 2.71. The Kier molecular flexibility index (Phi) is 7.70. The summed E-state index contributed by atoms with van der Waals surface area (Å²) in [4.78, 5) is 26.3. The largest absolute Gasteiger partial charge is 0.433 e. The maximum absolute atomic E-state index is 13.3. The van der Waals surface area contributed by atoms with Crippen molar-refractivity contribution < 1.29 is 32.0 Å². The Morgan fingerprint density at radius 2 is 1.69 bits per heavy atom. The molecule has 11 heteroatoms. The summed E-state index contributed by atoms with van der Waals surface area (Å²) in [5.74, 6) is -0.971. The van der Waals surface area contributed by atoms with Crippen LogP contribution in [0.4, 0.5) is 19.1 Å². The molecule has 0 spiro atoms. The summed E-state index contributed by atoms with van der Waals surface area (Å²) in [6, 6.07) is 16.7. The van der Waals surface area contributed by atoms with E-state index in [1.165, 1.54) is 12.1 Å². The van der Waals surface area contributed by atoms with Crippen LogP contribution < -0.4 is 0 Å². The van der Waals surface area contributed by atoms with E-state index in [1.807, 2.05) is 30.3 Å². The number of alkyl halides is 3. The Balaban J connectivity index is 1.34. The molecule has 3 aromatic rings. The molecular formula is C25H24F3N3O5. The summed E-state index contributed by atoms with van der Waals surface area (Å²) >= 11 is 0. The van der Waals surface area contributed by atoms with Gasteiger partial charge in [0.1, 0.15) is 11.0 Å². The van der Waals surface area contributed by atoms with Crippen molar-refractivity contribution in [3.05, 3.63) is 99.3 Å². The third-order valence-electron chi connectivity index (χ3n) is 5.95. The lowest BCUT2D eigenvalue weighted by Gasteiger charge is -2.34.